The van der Waals surface area contributed by atoms with Gasteiger partial charge in [-0.3, -0.25) is 0 Å². The molecule has 2 atom stereocenters. The van der Waals surface area contributed by atoms with Crippen molar-refractivity contribution >= 4 is 17.3 Å². The third-order valence-corrected chi connectivity index (χ3v) is 4.46. The lowest BCUT2D eigenvalue weighted by Gasteiger charge is -2.30. The molecule has 0 radical (unpaired) electrons. The van der Waals surface area contributed by atoms with Gasteiger partial charge in [-0.15, -0.1) is 0 Å². The second kappa shape index (κ2) is 6.30. The number of aliphatic hydroxyl groups excluding tert-OH is 1. The SMILES string of the molecule is CNc1cn2ccnc2c(NCC2CCCCC2CO)n1. The Morgan fingerprint density at radius 1 is 1.33 bits per heavy atom. The minimum absolute atomic E-state index is 0.287. The molecule has 0 aliphatic heterocycles. The topological polar surface area (TPSA) is 74.5 Å². The maximum Gasteiger partial charge on any atom is 0.180 e. The van der Waals surface area contributed by atoms with E-state index in [1.165, 1.54) is 19.3 Å². The van der Waals surface area contributed by atoms with E-state index in [4.69, 9.17) is 0 Å². The van der Waals surface area contributed by atoms with Crippen LogP contribution in [0.25, 0.3) is 5.65 Å². The minimum Gasteiger partial charge on any atom is -0.396 e. The minimum atomic E-state index is 0.287. The van der Waals surface area contributed by atoms with Gasteiger partial charge < -0.3 is 20.1 Å². The molecule has 114 valence electrons. The summed E-state index contributed by atoms with van der Waals surface area (Å²) in [6.07, 6.45) is 10.4. The highest BCUT2D eigenvalue weighted by Crippen LogP contribution is 2.30. The van der Waals surface area contributed by atoms with Crippen LogP contribution in [0.1, 0.15) is 25.7 Å². The number of hydrogen-bond acceptors (Lipinski definition) is 5. The third kappa shape index (κ3) is 2.95. The lowest BCUT2D eigenvalue weighted by Crippen LogP contribution is -2.29. The first-order chi connectivity index (χ1) is 10.3. The molecule has 1 aliphatic rings. The van der Waals surface area contributed by atoms with E-state index in [9.17, 15) is 5.11 Å². The number of fused-ring (bicyclic) bond motifs is 1. The zero-order chi connectivity index (χ0) is 14.7. The van der Waals surface area contributed by atoms with Gasteiger partial charge >= 0.3 is 0 Å². The zero-order valence-electron chi connectivity index (χ0n) is 12.4. The highest BCUT2D eigenvalue weighted by molar-refractivity contribution is 5.65. The van der Waals surface area contributed by atoms with Crippen LogP contribution in [0.2, 0.25) is 0 Å². The third-order valence-electron chi connectivity index (χ3n) is 4.46. The summed E-state index contributed by atoms with van der Waals surface area (Å²) in [4.78, 5) is 8.92. The molecule has 0 spiro atoms. The number of rotatable bonds is 5. The van der Waals surface area contributed by atoms with Crippen LogP contribution in [0.4, 0.5) is 11.6 Å². The molecule has 2 aromatic rings. The number of aliphatic hydroxyl groups is 1. The predicted octanol–water partition coefficient (Wildman–Crippen LogP) is 1.98. The van der Waals surface area contributed by atoms with Crippen LogP contribution in [-0.2, 0) is 0 Å². The average Bonchev–Trinajstić information content (AvgIpc) is 3.01. The molecule has 0 amide bonds. The lowest BCUT2D eigenvalue weighted by molar-refractivity contribution is 0.141. The summed E-state index contributed by atoms with van der Waals surface area (Å²) in [5, 5.41) is 16.0. The number of hydrogen-bond donors (Lipinski definition) is 3. The fourth-order valence-corrected chi connectivity index (χ4v) is 3.19. The summed E-state index contributed by atoms with van der Waals surface area (Å²) in [6, 6.07) is 0. The van der Waals surface area contributed by atoms with E-state index < -0.39 is 0 Å². The fourth-order valence-electron chi connectivity index (χ4n) is 3.19. The molecule has 2 unspecified atom stereocenters. The Morgan fingerprint density at radius 3 is 2.90 bits per heavy atom. The predicted molar refractivity (Wildman–Crippen MR) is 83.6 cm³/mol. The maximum atomic E-state index is 9.51. The van der Waals surface area contributed by atoms with E-state index in [0.29, 0.717) is 11.8 Å². The van der Waals surface area contributed by atoms with Crippen molar-refractivity contribution in [3.63, 3.8) is 0 Å². The highest BCUT2D eigenvalue weighted by Gasteiger charge is 2.24. The van der Waals surface area contributed by atoms with E-state index >= 15 is 0 Å². The molecule has 1 fully saturated rings. The van der Waals surface area contributed by atoms with Crippen LogP contribution in [0.3, 0.4) is 0 Å². The van der Waals surface area contributed by atoms with Crippen molar-refractivity contribution in [1.29, 1.82) is 0 Å². The summed E-state index contributed by atoms with van der Waals surface area (Å²) in [5.41, 5.74) is 0.838. The largest absolute Gasteiger partial charge is 0.396 e. The quantitative estimate of drug-likeness (QED) is 0.785. The van der Waals surface area contributed by atoms with Crippen LogP contribution < -0.4 is 10.6 Å². The molecule has 1 saturated carbocycles. The van der Waals surface area contributed by atoms with Gasteiger partial charge in [-0.2, -0.15) is 0 Å². The van der Waals surface area contributed by atoms with Crippen LogP contribution in [0.15, 0.2) is 18.6 Å². The van der Waals surface area contributed by atoms with Crippen molar-refractivity contribution in [2.24, 2.45) is 11.8 Å². The Kier molecular flexibility index (Phi) is 4.24. The van der Waals surface area contributed by atoms with Gasteiger partial charge in [-0.25, -0.2) is 9.97 Å². The number of nitrogens with one attached hydrogen (secondary N) is 2. The van der Waals surface area contributed by atoms with Crippen molar-refractivity contribution < 1.29 is 5.11 Å². The molecule has 1 aliphatic carbocycles. The molecule has 0 bridgehead atoms. The van der Waals surface area contributed by atoms with E-state index in [1.807, 2.05) is 23.8 Å². The van der Waals surface area contributed by atoms with Crippen molar-refractivity contribution in [1.82, 2.24) is 14.4 Å². The van der Waals surface area contributed by atoms with Crippen LogP contribution in [0.5, 0.6) is 0 Å². The summed E-state index contributed by atoms with van der Waals surface area (Å²) >= 11 is 0. The normalized spacial score (nSPS) is 22.4. The Morgan fingerprint density at radius 2 is 2.14 bits per heavy atom. The van der Waals surface area contributed by atoms with Gasteiger partial charge in [0.1, 0.15) is 5.82 Å². The molecule has 0 aromatic carbocycles. The molecular formula is C15H23N5O. The Bertz CT molecular complexity index is 597. The molecule has 3 N–H and O–H groups in total. The van der Waals surface area contributed by atoms with E-state index in [0.717, 1.165) is 30.2 Å². The molecule has 6 heteroatoms. The molecule has 3 rings (SSSR count). The van der Waals surface area contributed by atoms with E-state index in [2.05, 4.69) is 20.6 Å². The van der Waals surface area contributed by atoms with Gasteiger partial charge in [-0.1, -0.05) is 12.8 Å². The molecule has 6 nitrogen and oxygen atoms in total. The number of imidazole rings is 1. The van der Waals surface area contributed by atoms with E-state index in [1.54, 1.807) is 6.20 Å². The van der Waals surface area contributed by atoms with Crippen molar-refractivity contribution in [2.75, 3.05) is 30.8 Å². The van der Waals surface area contributed by atoms with Crippen molar-refractivity contribution in [3.05, 3.63) is 18.6 Å². The fraction of sp³-hybridized carbons (Fsp3) is 0.600. The maximum absolute atomic E-state index is 9.51. The molecular weight excluding hydrogens is 266 g/mol. The second-order valence-electron chi connectivity index (χ2n) is 5.75. The van der Waals surface area contributed by atoms with Gasteiger partial charge in [0.05, 0.1) is 6.20 Å². The van der Waals surface area contributed by atoms with Gasteiger partial charge in [0.2, 0.25) is 0 Å². The Balaban J connectivity index is 1.76. The van der Waals surface area contributed by atoms with Gasteiger partial charge in [0.15, 0.2) is 11.5 Å². The van der Waals surface area contributed by atoms with E-state index in [-0.39, 0.29) is 6.61 Å². The Labute approximate surface area is 124 Å². The molecule has 21 heavy (non-hydrogen) atoms. The van der Waals surface area contributed by atoms with Gasteiger partial charge in [0, 0.05) is 32.6 Å². The van der Waals surface area contributed by atoms with Crippen molar-refractivity contribution in [2.45, 2.75) is 25.7 Å². The molecule has 2 aromatic heterocycles. The van der Waals surface area contributed by atoms with Crippen LogP contribution in [-0.4, -0.2) is 39.7 Å². The monoisotopic (exact) mass is 289 g/mol. The molecule has 2 heterocycles. The number of anilines is 2. The summed E-state index contributed by atoms with van der Waals surface area (Å²) in [6.45, 7) is 1.13. The molecule has 0 saturated heterocycles. The lowest BCUT2D eigenvalue weighted by atomic mass is 9.79. The summed E-state index contributed by atoms with van der Waals surface area (Å²) in [7, 11) is 1.86. The van der Waals surface area contributed by atoms with Crippen LogP contribution >= 0.6 is 0 Å². The van der Waals surface area contributed by atoms with Crippen molar-refractivity contribution in [3.8, 4) is 0 Å². The first-order valence-corrected chi connectivity index (χ1v) is 7.68. The second-order valence-corrected chi connectivity index (χ2v) is 5.75. The standard InChI is InChI=1S/C15H23N5O/c1-16-13-9-20-7-6-17-15(20)14(19-13)18-8-11-4-2-3-5-12(11)10-21/h6-7,9,11-12,16,21H,2-5,8,10H2,1H3,(H,18,19). The Hall–Kier alpha value is -1.82. The van der Waals surface area contributed by atoms with Gasteiger partial charge in [0.25, 0.3) is 0 Å². The number of aromatic nitrogens is 3. The zero-order valence-corrected chi connectivity index (χ0v) is 12.4. The first kappa shape index (κ1) is 14.1. The smallest absolute Gasteiger partial charge is 0.180 e. The van der Waals surface area contributed by atoms with Gasteiger partial charge in [-0.05, 0) is 24.7 Å². The highest BCUT2D eigenvalue weighted by atomic mass is 16.3. The summed E-state index contributed by atoms with van der Waals surface area (Å²) in [5.74, 6) is 2.53. The average molecular weight is 289 g/mol. The first-order valence-electron chi connectivity index (χ1n) is 7.68. The number of nitrogens with zero attached hydrogens (tertiary/aromatic N) is 3. The van der Waals surface area contributed by atoms with Crippen LogP contribution in [0, 0.1) is 11.8 Å². The summed E-state index contributed by atoms with van der Waals surface area (Å²) < 4.78 is 1.96.